The van der Waals surface area contributed by atoms with Crippen LogP contribution in [0.25, 0.3) is 0 Å². The highest BCUT2D eigenvalue weighted by Gasteiger charge is 2.27. The third-order valence-electron chi connectivity index (χ3n) is 2.13. The van der Waals surface area contributed by atoms with Crippen molar-refractivity contribution in [3.05, 3.63) is 0 Å². The molecule has 0 radical (unpaired) electrons. The van der Waals surface area contributed by atoms with Crippen molar-refractivity contribution in [2.75, 3.05) is 0 Å². The van der Waals surface area contributed by atoms with E-state index < -0.39 is 25.0 Å². The lowest BCUT2D eigenvalue weighted by molar-refractivity contribution is -0.129. The summed E-state index contributed by atoms with van der Waals surface area (Å²) < 4.78 is 0. The Labute approximate surface area is 95.6 Å². The van der Waals surface area contributed by atoms with E-state index in [-0.39, 0.29) is 11.8 Å². The molecule has 4 N–H and O–H groups in total. The van der Waals surface area contributed by atoms with Crippen LogP contribution >= 0.6 is 0 Å². The first-order valence-corrected chi connectivity index (χ1v) is 5.19. The molecule has 0 heterocycles. The molecule has 0 aliphatic heterocycles. The van der Waals surface area contributed by atoms with Gasteiger partial charge in [0.1, 0.15) is 6.04 Å². The summed E-state index contributed by atoms with van der Waals surface area (Å²) in [7, 11) is -1.62. The number of carbonyl (C=O) groups excluding carboxylic acids is 2. The molecule has 0 rings (SSSR count). The minimum atomic E-state index is -1.62. The molecule has 6 nitrogen and oxygen atoms in total. The summed E-state index contributed by atoms with van der Waals surface area (Å²) in [6.07, 6.45) is 0. The van der Waals surface area contributed by atoms with Crippen LogP contribution in [0.3, 0.4) is 0 Å². The zero-order valence-corrected chi connectivity index (χ0v) is 10.0. The molecule has 0 saturated heterocycles. The van der Waals surface area contributed by atoms with Crippen LogP contribution in [-0.2, 0) is 9.59 Å². The number of hydrogen-bond donors (Lipinski definition) is 4. The molecule has 7 heteroatoms. The highest BCUT2D eigenvalue weighted by molar-refractivity contribution is 6.43. The number of amides is 2. The van der Waals surface area contributed by atoms with Crippen LogP contribution in [0.15, 0.2) is 0 Å². The van der Waals surface area contributed by atoms with Crippen molar-refractivity contribution >= 4 is 18.9 Å². The fourth-order valence-corrected chi connectivity index (χ4v) is 1.14. The third kappa shape index (κ3) is 5.13. The minimum absolute atomic E-state index is 0.0769. The minimum Gasteiger partial charge on any atom is -0.426 e. The molecule has 0 fully saturated rings. The quantitative estimate of drug-likeness (QED) is 0.439. The summed E-state index contributed by atoms with van der Waals surface area (Å²) >= 11 is 0. The van der Waals surface area contributed by atoms with Crippen LogP contribution in [0.4, 0.5) is 0 Å². The van der Waals surface area contributed by atoms with Crippen molar-refractivity contribution in [2.45, 2.75) is 39.7 Å². The van der Waals surface area contributed by atoms with Crippen LogP contribution < -0.4 is 10.6 Å². The van der Waals surface area contributed by atoms with Gasteiger partial charge in [0.05, 0.1) is 5.94 Å². The average Bonchev–Trinajstić information content (AvgIpc) is 2.12. The summed E-state index contributed by atoms with van der Waals surface area (Å²) in [6.45, 7) is 6.38. The second-order valence-corrected chi connectivity index (χ2v) is 4.13. The first-order chi connectivity index (χ1) is 7.25. The van der Waals surface area contributed by atoms with E-state index in [2.05, 4.69) is 10.6 Å². The van der Waals surface area contributed by atoms with Gasteiger partial charge < -0.3 is 20.7 Å². The Morgan fingerprint density at radius 3 is 1.94 bits per heavy atom. The molecule has 0 unspecified atom stereocenters. The summed E-state index contributed by atoms with van der Waals surface area (Å²) in [4.78, 5) is 22.6. The van der Waals surface area contributed by atoms with Gasteiger partial charge in [0.15, 0.2) is 0 Å². The Balaban J connectivity index is 4.45. The van der Waals surface area contributed by atoms with Crippen molar-refractivity contribution in [3.8, 4) is 0 Å². The first-order valence-electron chi connectivity index (χ1n) is 5.19. The maximum atomic E-state index is 11.7. The fourth-order valence-electron chi connectivity index (χ4n) is 1.14. The monoisotopic (exact) mass is 230 g/mol. The number of carbonyl (C=O) groups is 2. The van der Waals surface area contributed by atoms with Gasteiger partial charge in [-0.1, -0.05) is 13.8 Å². The molecule has 0 spiro atoms. The lowest BCUT2D eigenvalue weighted by Crippen LogP contribution is -2.54. The van der Waals surface area contributed by atoms with Gasteiger partial charge in [-0.3, -0.25) is 9.59 Å². The van der Waals surface area contributed by atoms with Crippen LogP contribution in [0.1, 0.15) is 27.7 Å². The van der Waals surface area contributed by atoms with Crippen molar-refractivity contribution in [1.82, 2.24) is 10.6 Å². The fraction of sp³-hybridized carbons (Fsp3) is 0.778. The van der Waals surface area contributed by atoms with Gasteiger partial charge in [-0.05, 0) is 12.8 Å². The van der Waals surface area contributed by atoms with Gasteiger partial charge in [0, 0.05) is 6.92 Å². The van der Waals surface area contributed by atoms with Crippen LogP contribution in [0.5, 0.6) is 0 Å². The number of hydrogen-bond acceptors (Lipinski definition) is 4. The lowest BCUT2D eigenvalue weighted by Gasteiger charge is -2.23. The van der Waals surface area contributed by atoms with Crippen molar-refractivity contribution in [3.63, 3.8) is 0 Å². The second-order valence-electron chi connectivity index (χ2n) is 4.13. The van der Waals surface area contributed by atoms with Gasteiger partial charge in [0.25, 0.3) is 0 Å². The molecule has 0 aromatic carbocycles. The Morgan fingerprint density at radius 1 is 1.12 bits per heavy atom. The number of rotatable bonds is 5. The van der Waals surface area contributed by atoms with E-state index in [1.165, 1.54) is 13.8 Å². The summed E-state index contributed by atoms with van der Waals surface area (Å²) in [5.41, 5.74) is 0. The van der Waals surface area contributed by atoms with Gasteiger partial charge in [-0.15, -0.1) is 0 Å². The first kappa shape index (κ1) is 14.9. The SMILES string of the molecule is CC(=O)N[C@H](C(=O)N[C@@H](C)B(O)O)C(C)C. The molecule has 2 atom stereocenters. The predicted octanol–water partition coefficient (Wildman–Crippen LogP) is -1.34. The van der Waals surface area contributed by atoms with Gasteiger partial charge in [0.2, 0.25) is 11.8 Å². The summed E-state index contributed by atoms with van der Waals surface area (Å²) in [6, 6.07) is -0.668. The summed E-state index contributed by atoms with van der Waals surface area (Å²) in [5.74, 6) is -1.58. The molecular formula is C9H19BN2O4. The van der Waals surface area contributed by atoms with E-state index in [4.69, 9.17) is 10.0 Å². The van der Waals surface area contributed by atoms with Crippen LogP contribution in [0, 0.1) is 5.92 Å². The molecule has 0 aliphatic carbocycles. The van der Waals surface area contributed by atoms with Crippen LogP contribution in [0.2, 0.25) is 0 Å². The Kier molecular flexibility index (Phi) is 6.06. The van der Waals surface area contributed by atoms with Crippen molar-refractivity contribution in [1.29, 1.82) is 0 Å². The van der Waals surface area contributed by atoms with E-state index >= 15 is 0 Å². The zero-order valence-electron chi connectivity index (χ0n) is 10.0. The predicted molar refractivity (Wildman–Crippen MR) is 60.2 cm³/mol. The second kappa shape index (κ2) is 6.50. The molecule has 92 valence electrons. The molecule has 0 aromatic rings. The highest BCUT2D eigenvalue weighted by atomic mass is 16.4. The lowest BCUT2D eigenvalue weighted by atomic mass is 9.81. The largest absolute Gasteiger partial charge is 0.475 e. The molecule has 0 bridgehead atoms. The van der Waals surface area contributed by atoms with Gasteiger partial charge >= 0.3 is 7.12 Å². The third-order valence-corrected chi connectivity index (χ3v) is 2.13. The molecule has 0 saturated carbocycles. The smallest absolute Gasteiger partial charge is 0.426 e. The standard InChI is InChI=1S/C9H19BN2O4/c1-5(2)8(12-7(4)13)9(14)11-6(3)10(15)16/h5-6,8,15-16H,1-4H3,(H,11,14)(H,12,13)/t6-,8-/m0/s1. The molecule has 0 aromatic heterocycles. The van der Waals surface area contributed by atoms with Crippen molar-refractivity contribution in [2.24, 2.45) is 5.92 Å². The van der Waals surface area contributed by atoms with Gasteiger partial charge in [-0.2, -0.15) is 0 Å². The van der Waals surface area contributed by atoms with E-state index in [9.17, 15) is 9.59 Å². The maximum Gasteiger partial charge on any atom is 0.475 e. The van der Waals surface area contributed by atoms with E-state index in [1.807, 2.05) is 0 Å². The Morgan fingerprint density at radius 2 is 1.62 bits per heavy atom. The molecular weight excluding hydrogens is 211 g/mol. The molecule has 16 heavy (non-hydrogen) atoms. The average molecular weight is 230 g/mol. The Hall–Kier alpha value is -1.08. The van der Waals surface area contributed by atoms with Crippen LogP contribution in [-0.4, -0.2) is 41.0 Å². The Bertz CT molecular complexity index is 258. The highest BCUT2D eigenvalue weighted by Crippen LogP contribution is 2.02. The molecule has 0 aliphatic rings. The normalized spacial score (nSPS) is 14.2. The van der Waals surface area contributed by atoms with Gasteiger partial charge in [-0.25, -0.2) is 0 Å². The van der Waals surface area contributed by atoms with E-state index in [1.54, 1.807) is 13.8 Å². The van der Waals surface area contributed by atoms with E-state index in [0.717, 1.165) is 0 Å². The molecule has 2 amide bonds. The number of nitrogens with one attached hydrogen (secondary N) is 2. The van der Waals surface area contributed by atoms with Crippen molar-refractivity contribution < 1.29 is 19.6 Å². The maximum absolute atomic E-state index is 11.7. The van der Waals surface area contributed by atoms with E-state index in [0.29, 0.717) is 0 Å². The summed E-state index contributed by atoms with van der Waals surface area (Å²) in [5, 5.41) is 22.6. The zero-order chi connectivity index (χ0) is 12.9. The topological polar surface area (TPSA) is 98.7 Å².